The Kier molecular flexibility index (Phi) is 6.09. The van der Waals surface area contributed by atoms with Crippen LogP contribution in [-0.4, -0.2) is 36.2 Å². The van der Waals surface area contributed by atoms with Gasteiger partial charge in [0.1, 0.15) is 11.7 Å². The number of ether oxygens (including phenoxy) is 1. The van der Waals surface area contributed by atoms with Gasteiger partial charge in [-0.3, -0.25) is 14.6 Å². The van der Waals surface area contributed by atoms with E-state index in [1.165, 1.54) is 7.11 Å². The van der Waals surface area contributed by atoms with Crippen molar-refractivity contribution in [1.29, 1.82) is 0 Å². The highest BCUT2D eigenvalue weighted by Gasteiger charge is 2.47. The number of hydrogen-bond donors (Lipinski definition) is 1. The lowest BCUT2D eigenvalue weighted by Gasteiger charge is -2.36. The Balaban J connectivity index is 3.43. The molecule has 0 unspecified atom stereocenters. The number of aliphatic imine (C=N–C) groups is 1. The third-order valence-corrected chi connectivity index (χ3v) is 3.83. The maximum atomic E-state index is 12.5. The van der Waals surface area contributed by atoms with Crippen LogP contribution in [0.5, 0.6) is 0 Å². The average molecular weight is 307 g/mol. The van der Waals surface area contributed by atoms with E-state index in [0.717, 1.165) is 6.42 Å². The number of carbonyl (C=O) groups excluding carboxylic acids is 2. The van der Waals surface area contributed by atoms with Crippen LogP contribution in [0.2, 0.25) is 0 Å². The molecule has 0 aromatic rings. The summed E-state index contributed by atoms with van der Waals surface area (Å²) in [6.07, 6.45) is 3.14. The molecule has 22 heavy (non-hydrogen) atoms. The second kappa shape index (κ2) is 7.38. The first kappa shape index (κ1) is 18.1. The number of Topliss-reactive ketones (excluding diaryl/α,β-unsaturated/α-hetero) is 1. The molecule has 1 atom stereocenters. The molecule has 1 N–H and O–H groups in total. The predicted octanol–water partition coefficient (Wildman–Crippen LogP) is 3.01. The van der Waals surface area contributed by atoms with E-state index in [4.69, 9.17) is 4.74 Å². The van der Waals surface area contributed by atoms with Crippen molar-refractivity contribution in [3.05, 3.63) is 24.0 Å². The van der Waals surface area contributed by atoms with Crippen molar-refractivity contribution in [3.8, 4) is 0 Å². The lowest BCUT2D eigenvalue weighted by molar-refractivity contribution is -0.150. The van der Waals surface area contributed by atoms with Crippen LogP contribution in [0, 0.1) is 11.3 Å². The van der Waals surface area contributed by atoms with Crippen LogP contribution < -0.4 is 0 Å². The summed E-state index contributed by atoms with van der Waals surface area (Å²) in [5.41, 5.74) is 0.0285. The van der Waals surface area contributed by atoms with Gasteiger partial charge in [-0.05, 0) is 11.8 Å². The molecule has 0 saturated heterocycles. The maximum absolute atomic E-state index is 12.5. The number of nitrogens with zero attached hydrogens (tertiary/aromatic N) is 1. The third kappa shape index (κ3) is 3.64. The van der Waals surface area contributed by atoms with Crippen LogP contribution in [0.4, 0.5) is 0 Å². The fraction of sp³-hybridized carbons (Fsp3) is 0.588. The summed E-state index contributed by atoms with van der Waals surface area (Å²) in [6, 6.07) is 0. The number of aliphatic hydroxyl groups excluding tert-OH is 1. The number of ketones is 1. The molecule has 0 radical (unpaired) electrons. The van der Waals surface area contributed by atoms with Gasteiger partial charge >= 0.3 is 5.97 Å². The van der Waals surface area contributed by atoms with E-state index in [1.54, 1.807) is 19.9 Å². The molecular formula is C17H25NO4. The van der Waals surface area contributed by atoms with Gasteiger partial charge in [0.15, 0.2) is 5.78 Å². The van der Waals surface area contributed by atoms with Crippen molar-refractivity contribution >= 4 is 17.5 Å². The molecule has 0 aromatic carbocycles. The quantitative estimate of drug-likeness (QED) is 0.465. The summed E-state index contributed by atoms with van der Waals surface area (Å²) in [4.78, 5) is 28.9. The zero-order valence-electron chi connectivity index (χ0n) is 13.8. The number of allylic oxidation sites excluding steroid dienone is 1. The summed E-state index contributed by atoms with van der Waals surface area (Å²) in [6.45, 7) is 9.50. The van der Waals surface area contributed by atoms with Crippen molar-refractivity contribution in [2.45, 2.75) is 40.0 Å². The van der Waals surface area contributed by atoms with Gasteiger partial charge in [-0.1, -0.05) is 33.3 Å². The van der Waals surface area contributed by atoms with Crippen molar-refractivity contribution in [1.82, 2.24) is 0 Å². The van der Waals surface area contributed by atoms with Gasteiger partial charge in [-0.15, -0.1) is 6.58 Å². The highest BCUT2D eigenvalue weighted by atomic mass is 16.5. The lowest BCUT2D eigenvalue weighted by Crippen LogP contribution is -2.41. The Morgan fingerprint density at radius 1 is 1.55 bits per heavy atom. The van der Waals surface area contributed by atoms with Gasteiger partial charge < -0.3 is 9.84 Å². The number of hydrogen-bond acceptors (Lipinski definition) is 5. The number of rotatable bonds is 6. The molecule has 1 rings (SSSR count). The standard InChI is InChI=1S/C17H25NO4/c1-6-8-11(18-9-7-2)13-12(19)10-17(3,4)14(15(13)20)16(21)22-5/h7,14,20H,2,6,8-10H2,1,3-5H3/t14-/m1/s1. The normalized spacial score (nSPS) is 21.7. The Morgan fingerprint density at radius 2 is 2.18 bits per heavy atom. The molecule has 122 valence electrons. The van der Waals surface area contributed by atoms with Crippen molar-refractivity contribution < 1.29 is 19.4 Å². The molecule has 0 spiro atoms. The highest BCUT2D eigenvalue weighted by Crippen LogP contribution is 2.42. The lowest BCUT2D eigenvalue weighted by atomic mass is 9.67. The van der Waals surface area contributed by atoms with Crippen LogP contribution >= 0.6 is 0 Å². The van der Waals surface area contributed by atoms with E-state index in [1.807, 2.05) is 6.92 Å². The largest absolute Gasteiger partial charge is 0.511 e. The minimum atomic E-state index is -0.851. The minimum absolute atomic E-state index is 0.170. The molecule has 0 fully saturated rings. The SMILES string of the molecule is C=CCN=C(CCC)C1=C(O)[C@H](C(=O)OC)C(C)(C)CC1=O. The molecule has 1 aliphatic carbocycles. The van der Waals surface area contributed by atoms with E-state index in [0.29, 0.717) is 18.7 Å². The van der Waals surface area contributed by atoms with Crippen molar-refractivity contribution in [2.24, 2.45) is 16.3 Å². The fourth-order valence-corrected chi connectivity index (χ4v) is 2.81. The molecule has 1 aliphatic rings. The molecule has 0 heterocycles. The topological polar surface area (TPSA) is 76.0 Å². The van der Waals surface area contributed by atoms with Crippen molar-refractivity contribution in [3.63, 3.8) is 0 Å². The van der Waals surface area contributed by atoms with Crippen LogP contribution in [0.1, 0.15) is 40.0 Å². The maximum Gasteiger partial charge on any atom is 0.316 e. The number of aliphatic hydroxyl groups is 1. The minimum Gasteiger partial charge on any atom is -0.511 e. The molecule has 0 saturated carbocycles. The second-order valence-electron chi connectivity index (χ2n) is 6.13. The first-order valence-electron chi connectivity index (χ1n) is 7.48. The first-order chi connectivity index (χ1) is 10.3. The Hall–Kier alpha value is -1.91. The smallest absolute Gasteiger partial charge is 0.316 e. The molecule has 0 amide bonds. The summed E-state index contributed by atoms with van der Waals surface area (Å²) in [7, 11) is 1.28. The summed E-state index contributed by atoms with van der Waals surface area (Å²) >= 11 is 0. The van der Waals surface area contributed by atoms with E-state index < -0.39 is 17.3 Å². The van der Waals surface area contributed by atoms with Gasteiger partial charge in [-0.25, -0.2) is 0 Å². The third-order valence-electron chi connectivity index (χ3n) is 3.83. The zero-order valence-corrected chi connectivity index (χ0v) is 13.8. The Morgan fingerprint density at radius 3 is 2.68 bits per heavy atom. The number of carbonyl (C=O) groups is 2. The van der Waals surface area contributed by atoms with E-state index in [2.05, 4.69) is 11.6 Å². The molecule has 0 bridgehead atoms. The van der Waals surface area contributed by atoms with Gasteiger partial charge in [0.2, 0.25) is 0 Å². The fourth-order valence-electron chi connectivity index (χ4n) is 2.81. The molecule has 5 nitrogen and oxygen atoms in total. The number of methoxy groups -OCH3 is 1. The van der Waals surface area contributed by atoms with E-state index in [-0.39, 0.29) is 23.5 Å². The molecule has 0 aromatic heterocycles. The van der Waals surface area contributed by atoms with E-state index in [9.17, 15) is 14.7 Å². The highest BCUT2D eigenvalue weighted by molar-refractivity contribution is 6.23. The van der Waals surface area contributed by atoms with Gasteiger partial charge in [0, 0.05) is 12.1 Å². The number of esters is 1. The van der Waals surface area contributed by atoms with E-state index >= 15 is 0 Å². The van der Waals surface area contributed by atoms with Gasteiger partial charge in [-0.2, -0.15) is 0 Å². The second-order valence-corrected chi connectivity index (χ2v) is 6.13. The molecule has 5 heteroatoms. The van der Waals surface area contributed by atoms with Crippen molar-refractivity contribution in [2.75, 3.05) is 13.7 Å². The summed E-state index contributed by atoms with van der Waals surface area (Å²) in [5.74, 6) is -1.79. The Labute approximate surface area is 131 Å². The summed E-state index contributed by atoms with van der Waals surface area (Å²) in [5, 5.41) is 10.6. The average Bonchev–Trinajstić information content (AvgIpc) is 2.42. The predicted molar refractivity (Wildman–Crippen MR) is 86.0 cm³/mol. The van der Waals surface area contributed by atoms with Gasteiger partial charge in [0.05, 0.1) is 19.2 Å². The van der Waals surface area contributed by atoms with Crippen LogP contribution in [0.25, 0.3) is 0 Å². The van der Waals surface area contributed by atoms with Crippen LogP contribution in [0.3, 0.4) is 0 Å². The molecular weight excluding hydrogens is 282 g/mol. The molecule has 0 aliphatic heterocycles. The zero-order chi connectivity index (χ0) is 16.9. The van der Waals surface area contributed by atoms with Crippen LogP contribution in [-0.2, 0) is 14.3 Å². The summed E-state index contributed by atoms with van der Waals surface area (Å²) < 4.78 is 4.80. The van der Waals surface area contributed by atoms with Crippen LogP contribution in [0.15, 0.2) is 29.0 Å². The monoisotopic (exact) mass is 307 g/mol. The first-order valence-corrected chi connectivity index (χ1v) is 7.48. The Bertz CT molecular complexity index is 529. The van der Waals surface area contributed by atoms with Gasteiger partial charge in [0.25, 0.3) is 0 Å².